The minimum atomic E-state index is -0.749. The molecule has 2 heterocycles. The minimum absolute atomic E-state index is 0.0316. The van der Waals surface area contributed by atoms with Gasteiger partial charge in [0.1, 0.15) is 6.04 Å². The molecule has 1 unspecified atom stereocenters. The number of allylic oxidation sites excluding steroid dienone is 1. The second kappa shape index (κ2) is 8.74. The van der Waals surface area contributed by atoms with Gasteiger partial charge in [0.2, 0.25) is 5.91 Å². The zero-order valence-electron chi connectivity index (χ0n) is 16.3. The third-order valence-electron chi connectivity index (χ3n) is 5.57. The van der Waals surface area contributed by atoms with Crippen LogP contribution in [-0.4, -0.2) is 35.2 Å². The van der Waals surface area contributed by atoms with Crippen LogP contribution >= 0.6 is 11.3 Å². The Bertz CT molecular complexity index is 921. The second-order valence-electron chi connectivity index (χ2n) is 7.46. The number of carbonyl (C=O) groups excluding carboxylic acids is 3. The monoisotopic (exact) mass is 408 g/mol. The molecule has 150 valence electrons. The van der Waals surface area contributed by atoms with Crippen molar-refractivity contribution in [3.05, 3.63) is 64.4 Å². The Morgan fingerprint density at radius 2 is 1.93 bits per heavy atom. The minimum Gasteiger partial charge on any atom is -0.325 e. The first-order valence-electron chi connectivity index (χ1n) is 10.1. The van der Waals surface area contributed by atoms with E-state index in [9.17, 15) is 14.4 Å². The molecule has 3 amide bonds. The molecule has 4 rings (SSSR count). The summed E-state index contributed by atoms with van der Waals surface area (Å²) in [4.78, 5) is 42.5. The maximum Gasteiger partial charge on any atom is 0.264 e. The maximum absolute atomic E-state index is 13.2. The van der Waals surface area contributed by atoms with Crippen molar-refractivity contribution in [1.82, 2.24) is 4.90 Å². The fraction of sp³-hybridized carbons (Fsp3) is 0.348. The zero-order valence-corrected chi connectivity index (χ0v) is 17.1. The van der Waals surface area contributed by atoms with E-state index in [0.29, 0.717) is 17.1 Å². The first kappa shape index (κ1) is 19.6. The number of nitrogens with zero attached hydrogens (tertiary/aromatic N) is 2. The van der Waals surface area contributed by atoms with Crippen LogP contribution < -0.4 is 4.90 Å². The van der Waals surface area contributed by atoms with Crippen molar-refractivity contribution < 1.29 is 14.4 Å². The summed E-state index contributed by atoms with van der Waals surface area (Å²) >= 11 is 1.36. The number of hydrogen-bond donors (Lipinski definition) is 0. The molecular formula is C23H24N2O3S. The highest BCUT2D eigenvalue weighted by Gasteiger charge is 2.44. The van der Waals surface area contributed by atoms with Gasteiger partial charge >= 0.3 is 0 Å². The molecule has 0 saturated carbocycles. The molecule has 1 fully saturated rings. The van der Waals surface area contributed by atoms with Gasteiger partial charge < -0.3 is 4.90 Å². The topological polar surface area (TPSA) is 57.7 Å². The molecule has 0 spiro atoms. The van der Waals surface area contributed by atoms with Gasteiger partial charge in [0.15, 0.2) is 0 Å². The fourth-order valence-corrected chi connectivity index (χ4v) is 4.72. The van der Waals surface area contributed by atoms with Crippen molar-refractivity contribution in [3.8, 4) is 0 Å². The number of carbonyl (C=O) groups is 3. The Balaban J connectivity index is 1.58. The van der Waals surface area contributed by atoms with E-state index in [1.165, 1.54) is 34.7 Å². The molecule has 1 aromatic carbocycles. The highest BCUT2D eigenvalue weighted by atomic mass is 32.1. The van der Waals surface area contributed by atoms with Gasteiger partial charge in [0.25, 0.3) is 11.8 Å². The van der Waals surface area contributed by atoms with Gasteiger partial charge in [0.05, 0.1) is 17.0 Å². The standard InChI is InChI=1S/C23H24N2O3S/c26-21-16-19(22(27)25(21)18-10-5-2-6-11-18)24(23(28)20-12-7-15-29-20)14-13-17-8-3-1-4-9-17/h2,5-8,10-12,15,19H,1,3-4,9,13-14,16H2. The molecule has 2 aromatic rings. The first-order valence-corrected chi connectivity index (χ1v) is 11.0. The SMILES string of the molecule is O=C1CC(N(CCC2=CCCCC2)C(=O)c2cccs2)C(=O)N1c1ccccc1. The Kier molecular flexibility index (Phi) is 5.90. The lowest BCUT2D eigenvalue weighted by Gasteiger charge is -2.28. The lowest BCUT2D eigenvalue weighted by atomic mass is 9.97. The number of amides is 3. The van der Waals surface area contributed by atoms with Crippen molar-refractivity contribution in [1.29, 1.82) is 0 Å². The van der Waals surface area contributed by atoms with Crippen LogP contribution in [0.2, 0.25) is 0 Å². The van der Waals surface area contributed by atoms with Crippen LogP contribution in [0.25, 0.3) is 0 Å². The summed E-state index contributed by atoms with van der Waals surface area (Å²) in [7, 11) is 0. The number of para-hydroxylation sites is 1. The molecule has 1 aliphatic heterocycles. The van der Waals surface area contributed by atoms with Gasteiger partial charge in [-0.3, -0.25) is 14.4 Å². The van der Waals surface area contributed by atoms with E-state index in [4.69, 9.17) is 0 Å². The molecule has 1 aliphatic carbocycles. The van der Waals surface area contributed by atoms with E-state index in [1.807, 2.05) is 17.5 Å². The van der Waals surface area contributed by atoms with Gasteiger partial charge in [0, 0.05) is 6.54 Å². The van der Waals surface area contributed by atoms with E-state index >= 15 is 0 Å². The van der Waals surface area contributed by atoms with Crippen molar-refractivity contribution in [2.45, 2.75) is 44.6 Å². The van der Waals surface area contributed by atoms with E-state index in [-0.39, 0.29) is 24.1 Å². The predicted molar refractivity (Wildman–Crippen MR) is 114 cm³/mol. The van der Waals surface area contributed by atoms with Crippen LogP contribution in [0.5, 0.6) is 0 Å². The summed E-state index contributed by atoms with van der Waals surface area (Å²) < 4.78 is 0. The van der Waals surface area contributed by atoms with Crippen LogP contribution in [0.15, 0.2) is 59.5 Å². The second-order valence-corrected chi connectivity index (χ2v) is 8.40. The van der Waals surface area contributed by atoms with E-state index in [0.717, 1.165) is 19.3 Å². The smallest absolute Gasteiger partial charge is 0.264 e. The molecule has 1 atom stereocenters. The normalized spacial score (nSPS) is 19.4. The Morgan fingerprint density at radius 1 is 1.10 bits per heavy atom. The average molecular weight is 409 g/mol. The van der Waals surface area contributed by atoms with Gasteiger partial charge in [-0.05, 0) is 55.7 Å². The third kappa shape index (κ3) is 4.17. The molecule has 2 aliphatic rings. The Labute approximate surface area is 174 Å². The molecular weight excluding hydrogens is 384 g/mol. The first-order chi connectivity index (χ1) is 14.1. The molecule has 1 aromatic heterocycles. The number of rotatable bonds is 6. The van der Waals surface area contributed by atoms with Crippen LogP contribution in [0, 0.1) is 0 Å². The lowest BCUT2D eigenvalue weighted by molar-refractivity contribution is -0.122. The number of benzene rings is 1. The number of hydrogen-bond acceptors (Lipinski definition) is 4. The van der Waals surface area contributed by atoms with Crippen LogP contribution in [0.3, 0.4) is 0 Å². The average Bonchev–Trinajstić information content (AvgIpc) is 3.38. The molecule has 0 N–H and O–H groups in total. The Morgan fingerprint density at radius 3 is 2.62 bits per heavy atom. The molecule has 0 radical (unpaired) electrons. The highest BCUT2D eigenvalue weighted by molar-refractivity contribution is 7.12. The van der Waals surface area contributed by atoms with Gasteiger partial charge in [-0.1, -0.05) is 35.9 Å². The van der Waals surface area contributed by atoms with Gasteiger partial charge in [-0.25, -0.2) is 4.90 Å². The number of imide groups is 1. The number of thiophene rings is 1. The van der Waals surface area contributed by atoms with Crippen molar-refractivity contribution >= 4 is 34.7 Å². The van der Waals surface area contributed by atoms with E-state index in [2.05, 4.69) is 6.08 Å². The fourth-order valence-electron chi connectivity index (χ4n) is 4.04. The van der Waals surface area contributed by atoms with E-state index < -0.39 is 6.04 Å². The molecule has 5 nitrogen and oxygen atoms in total. The highest BCUT2D eigenvalue weighted by Crippen LogP contribution is 2.28. The van der Waals surface area contributed by atoms with Crippen molar-refractivity contribution in [2.75, 3.05) is 11.4 Å². The largest absolute Gasteiger partial charge is 0.325 e. The summed E-state index contributed by atoms with van der Waals surface area (Å²) in [5.41, 5.74) is 1.90. The lowest BCUT2D eigenvalue weighted by Crippen LogP contribution is -2.46. The summed E-state index contributed by atoms with van der Waals surface area (Å²) in [6, 6.07) is 11.8. The summed E-state index contributed by atoms with van der Waals surface area (Å²) in [5.74, 6) is -0.742. The number of anilines is 1. The maximum atomic E-state index is 13.2. The van der Waals surface area contributed by atoms with E-state index in [1.54, 1.807) is 35.2 Å². The summed E-state index contributed by atoms with van der Waals surface area (Å²) in [5, 5.41) is 1.85. The van der Waals surface area contributed by atoms with Crippen LogP contribution in [-0.2, 0) is 9.59 Å². The van der Waals surface area contributed by atoms with Crippen molar-refractivity contribution in [3.63, 3.8) is 0 Å². The van der Waals surface area contributed by atoms with Gasteiger partial charge in [-0.2, -0.15) is 0 Å². The van der Waals surface area contributed by atoms with Crippen molar-refractivity contribution in [2.24, 2.45) is 0 Å². The summed E-state index contributed by atoms with van der Waals surface area (Å²) in [6.45, 7) is 0.453. The molecule has 0 bridgehead atoms. The van der Waals surface area contributed by atoms with Crippen LogP contribution in [0.1, 0.15) is 48.2 Å². The summed E-state index contributed by atoms with van der Waals surface area (Å²) in [6.07, 6.45) is 7.56. The quantitative estimate of drug-likeness (QED) is 0.525. The molecule has 29 heavy (non-hydrogen) atoms. The molecule has 1 saturated heterocycles. The third-order valence-corrected chi connectivity index (χ3v) is 6.42. The Hall–Kier alpha value is -2.73. The molecule has 6 heteroatoms. The predicted octanol–water partition coefficient (Wildman–Crippen LogP) is 4.41. The van der Waals surface area contributed by atoms with Crippen LogP contribution in [0.4, 0.5) is 5.69 Å². The van der Waals surface area contributed by atoms with Gasteiger partial charge in [-0.15, -0.1) is 11.3 Å². The zero-order chi connectivity index (χ0) is 20.2.